The quantitative estimate of drug-likeness (QED) is 0.428. The lowest BCUT2D eigenvalue weighted by Gasteiger charge is -2.09. The first kappa shape index (κ1) is 17.7. The second kappa shape index (κ2) is 6.30. The van der Waals surface area contributed by atoms with Crippen molar-refractivity contribution in [1.82, 2.24) is 9.55 Å². The van der Waals surface area contributed by atoms with Gasteiger partial charge >= 0.3 is 6.18 Å². The summed E-state index contributed by atoms with van der Waals surface area (Å²) in [6.45, 7) is 0.470. The Bertz CT molecular complexity index is 1370. The van der Waals surface area contributed by atoms with E-state index in [2.05, 4.69) is 4.98 Å². The summed E-state index contributed by atoms with van der Waals surface area (Å²) in [5, 5.41) is 2.42. The van der Waals surface area contributed by atoms with Crippen LogP contribution in [0.5, 0.6) is 0 Å². The van der Waals surface area contributed by atoms with Gasteiger partial charge in [0.25, 0.3) is 5.56 Å². The van der Waals surface area contributed by atoms with Crippen molar-refractivity contribution in [1.29, 1.82) is 0 Å². The van der Waals surface area contributed by atoms with E-state index >= 15 is 0 Å². The second-order valence-corrected chi connectivity index (χ2v) is 7.15. The summed E-state index contributed by atoms with van der Waals surface area (Å²) >= 11 is 0. The summed E-state index contributed by atoms with van der Waals surface area (Å²) in [4.78, 5) is 17.2. The molecule has 0 atom stereocenters. The van der Waals surface area contributed by atoms with Gasteiger partial charge in [0.2, 0.25) is 0 Å². The maximum absolute atomic E-state index is 13.1. The fraction of sp³-hybridized carbons (Fsp3) is 0.130. The van der Waals surface area contributed by atoms with Crippen LogP contribution >= 0.6 is 0 Å². The molecule has 6 heteroatoms. The highest BCUT2D eigenvalue weighted by molar-refractivity contribution is 5.89. The first-order valence-corrected chi connectivity index (χ1v) is 9.22. The molecular weight excluding hydrogens is 377 g/mol. The predicted octanol–water partition coefficient (Wildman–Crippen LogP) is 5.51. The molecule has 4 aromatic rings. The van der Waals surface area contributed by atoms with Gasteiger partial charge in [-0.3, -0.25) is 9.36 Å². The summed E-state index contributed by atoms with van der Waals surface area (Å²) in [5.41, 5.74) is 0.769. The Morgan fingerprint density at radius 3 is 2.55 bits per heavy atom. The van der Waals surface area contributed by atoms with Crippen LogP contribution in [0.2, 0.25) is 0 Å². The minimum atomic E-state index is -4.48. The standard InChI is InChI=1S/C23H15F3N2O/c24-23(25,26)18-7-8-19-20(13-18)27-21-17(9-10-28(21)22(19)29)12-14-5-6-15-3-1-2-4-16(15)11-14/h1-8,11-13H,9-10H2/b17-12+. The van der Waals surface area contributed by atoms with Crippen molar-refractivity contribution in [3.8, 4) is 0 Å². The minimum absolute atomic E-state index is 0.0717. The molecule has 0 saturated heterocycles. The van der Waals surface area contributed by atoms with Gasteiger partial charge in [-0.15, -0.1) is 0 Å². The molecule has 5 rings (SSSR count). The zero-order chi connectivity index (χ0) is 20.2. The molecule has 3 aromatic carbocycles. The second-order valence-electron chi connectivity index (χ2n) is 7.15. The molecule has 0 bridgehead atoms. The van der Waals surface area contributed by atoms with Crippen LogP contribution in [0.25, 0.3) is 33.3 Å². The van der Waals surface area contributed by atoms with Gasteiger partial charge in [0.15, 0.2) is 0 Å². The first-order valence-electron chi connectivity index (χ1n) is 9.22. The molecule has 0 spiro atoms. The number of nitrogens with zero attached hydrogens (tertiary/aromatic N) is 2. The van der Waals surface area contributed by atoms with E-state index in [1.807, 2.05) is 48.5 Å². The van der Waals surface area contributed by atoms with Gasteiger partial charge in [-0.05, 0) is 58.7 Å². The number of alkyl halides is 3. The zero-order valence-corrected chi connectivity index (χ0v) is 15.2. The molecule has 29 heavy (non-hydrogen) atoms. The summed E-state index contributed by atoms with van der Waals surface area (Å²) in [6, 6.07) is 17.1. The van der Waals surface area contributed by atoms with Crippen molar-refractivity contribution in [2.45, 2.75) is 19.1 Å². The average Bonchev–Trinajstić information content (AvgIpc) is 3.10. The number of halogens is 3. The molecule has 1 aliphatic heterocycles. The Morgan fingerprint density at radius 1 is 0.966 bits per heavy atom. The predicted molar refractivity (Wildman–Crippen MR) is 107 cm³/mol. The van der Waals surface area contributed by atoms with E-state index in [-0.39, 0.29) is 16.5 Å². The van der Waals surface area contributed by atoms with Crippen molar-refractivity contribution in [3.05, 3.63) is 88.0 Å². The summed E-state index contributed by atoms with van der Waals surface area (Å²) < 4.78 is 40.7. The van der Waals surface area contributed by atoms with Crippen molar-refractivity contribution >= 4 is 33.3 Å². The van der Waals surface area contributed by atoms with E-state index < -0.39 is 11.7 Å². The van der Waals surface area contributed by atoms with Crippen molar-refractivity contribution in [3.63, 3.8) is 0 Å². The molecule has 0 aliphatic carbocycles. The highest BCUT2D eigenvalue weighted by Crippen LogP contribution is 2.32. The largest absolute Gasteiger partial charge is 0.416 e. The SMILES string of the molecule is O=c1c2ccc(C(F)(F)F)cc2nc2n1CC/C2=C\c1ccc2ccccc2c1. The number of hydrogen-bond acceptors (Lipinski definition) is 2. The van der Waals surface area contributed by atoms with Crippen LogP contribution in [-0.4, -0.2) is 9.55 Å². The molecule has 0 unspecified atom stereocenters. The zero-order valence-electron chi connectivity index (χ0n) is 15.2. The molecule has 0 fully saturated rings. The number of fused-ring (bicyclic) bond motifs is 3. The molecule has 0 amide bonds. The summed E-state index contributed by atoms with van der Waals surface area (Å²) in [6.07, 6.45) is -1.91. The molecule has 2 heterocycles. The Balaban J connectivity index is 1.65. The number of aromatic nitrogens is 2. The Hall–Kier alpha value is -3.41. The monoisotopic (exact) mass is 392 g/mol. The van der Waals surface area contributed by atoms with Gasteiger partial charge in [-0.25, -0.2) is 4.98 Å². The van der Waals surface area contributed by atoms with Crippen LogP contribution in [-0.2, 0) is 12.7 Å². The normalized spacial score (nSPS) is 15.3. The number of rotatable bonds is 1. The van der Waals surface area contributed by atoms with Crippen LogP contribution in [0.1, 0.15) is 23.4 Å². The van der Waals surface area contributed by atoms with E-state index in [1.165, 1.54) is 6.07 Å². The fourth-order valence-corrected chi connectivity index (χ4v) is 3.83. The van der Waals surface area contributed by atoms with Gasteiger partial charge in [0.05, 0.1) is 16.5 Å². The van der Waals surface area contributed by atoms with E-state index in [4.69, 9.17) is 0 Å². The molecule has 3 nitrogen and oxygen atoms in total. The lowest BCUT2D eigenvalue weighted by Crippen LogP contribution is -2.21. The van der Waals surface area contributed by atoms with E-state index in [9.17, 15) is 18.0 Å². The molecule has 0 saturated carbocycles. The molecule has 1 aromatic heterocycles. The first-order chi connectivity index (χ1) is 13.9. The number of allylic oxidation sites excluding steroid dienone is 1. The lowest BCUT2D eigenvalue weighted by molar-refractivity contribution is -0.137. The summed E-state index contributed by atoms with van der Waals surface area (Å²) in [7, 11) is 0. The Labute approximate surface area is 163 Å². The van der Waals surface area contributed by atoms with Crippen molar-refractivity contribution in [2.24, 2.45) is 0 Å². The van der Waals surface area contributed by atoms with Crippen molar-refractivity contribution in [2.75, 3.05) is 0 Å². The van der Waals surface area contributed by atoms with Crippen molar-refractivity contribution < 1.29 is 13.2 Å². The average molecular weight is 392 g/mol. The third kappa shape index (κ3) is 3.01. The molecule has 0 N–H and O–H groups in total. The van der Waals surface area contributed by atoms with Gasteiger partial charge in [-0.1, -0.05) is 36.4 Å². The number of benzene rings is 3. The van der Waals surface area contributed by atoms with E-state index in [0.717, 1.165) is 34.0 Å². The van der Waals surface area contributed by atoms with Gasteiger partial charge in [0, 0.05) is 6.54 Å². The fourth-order valence-electron chi connectivity index (χ4n) is 3.83. The highest BCUT2D eigenvalue weighted by Gasteiger charge is 2.31. The molecule has 144 valence electrons. The van der Waals surface area contributed by atoms with Gasteiger partial charge < -0.3 is 0 Å². The van der Waals surface area contributed by atoms with E-state index in [0.29, 0.717) is 18.8 Å². The van der Waals surface area contributed by atoms with Gasteiger partial charge in [-0.2, -0.15) is 13.2 Å². The third-order valence-electron chi connectivity index (χ3n) is 5.29. The van der Waals surface area contributed by atoms with E-state index in [1.54, 1.807) is 4.57 Å². The maximum atomic E-state index is 13.1. The van der Waals surface area contributed by atoms with Gasteiger partial charge in [0.1, 0.15) is 5.82 Å². The Kier molecular flexibility index (Phi) is 3.84. The number of hydrogen-bond donors (Lipinski definition) is 0. The summed E-state index contributed by atoms with van der Waals surface area (Å²) in [5.74, 6) is 0.440. The minimum Gasteiger partial charge on any atom is -0.292 e. The van der Waals surface area contributed by atoms with Crippen LogP contribution < -0.4 is 5.56 Å². The molecular formula is C23H15F3N2O. The van der Waals surface area contributed by atoms with Crippen LogP contribution in [0, 0.1) is 0 Å². The maximum Gasteiger partial charge on any atom is 0.416 e. The third-order valence-corrected chi connectivity index (χ3v) is 5.29. The molecule has 0 radical (unpaired) electrons. The topological polar surface area (TPSA) is 34.9 Å². The van der Waals surface area contributed by atoms with Crippen LogP contribution in [0.15, 0.2) is 65.5 Å². The van der Waals surface area contributed by atoms with Crippen LogP contribution in [0.4, 0.5) is 13.2 Å². The lowest BCUT2D eigenvalue weighted by atomic mass is 10.0. The smallest absolute Gasteiger partial charge is 0.292 e. The highest BCUT2D eigenvalue weighted by atomic mass is 19.4. The van der Waals surface area contributed by atoms with Crippen LogP contribution in [0.3, 0.4) is 0 Å². The molecule has 1 aliphatic rings. The Morgan fingerprint density at radius 2 is 1.76 bits per heavy atom.